The molecule has 1 heterocycles. The number of nitrogens with one attached hydrogen (secondary N) is 2. The van der Waals surface area contributed by atoms with E-state index in [9.17, 15) is 14.4 Å². The van der Waals surface area contributed by atoms with Crippen LogP contribution in [0.1, 0.15) is 29.0 Å². The summed E-state index contributed by atoms with van der Waals surface area (Å²) < 4.78 is 6.11. The molecule has 1 fully saturated rings. The fraction of sp³-hybridized carbons (Fsp3) is 0.538. The highest BCUT2D eigenvalue weighted by molar-refractivity contribution is 6.02. The highest BCUT2D eigenvalue weighted by atomic mass is 16.5. The number of rotatable bonds is 5. The van der Waals surface area contributed by atoms with Gasteiger partial charge < -0.3 is 15.4 Å². The summed E-state index contributed by atoms with van der Waals surface area (Å²) in [5.41, 5.74) is 0.964. The van der Waals surface area contributed by atoms with Gasteiger partial charge in [-0.15, -0.1) is 0 Å². The molecule has 114 valence electrons. The van der Waals surface area contributed by atoms with Crippen molar-refractivity contribution in [3.05, 3.63) is 11.4 Å². The molecule has 1 aliphatic rings. The lowest BCUT2D eigenvalue weighted by atomic mass is 10.3. The first-order valence-electron chi connectivity index (χ1n) is 6.63. The molecule has 8 heteroatoms. The molecule has 21 heavy (non-hydrogen) atoms. The van der Waals surface area contributed by atoms with Gasteiger partial charge in [0.05, 0.1) is 25.0 Å². The van der Waals surface area contributed by atoms with E-state index in [0.29, 0.717) is 11.4 Å². The monoisotopic (exact) mass is 294 g/mol. The van der Waals surface area contributed by atoms with Crippen LogP contribution >= 0.6 is 0 Å². The van der Waals surface area contributed by atoms with Gasteiger partial charge in [-0.3, -0.25) is 14.3 Å². The van der Waals surface area contributed by atoms with Crippen molar-refractivity contribution in [3.63, 3.8) is 0 Å². The number of methoxy groups -OCH3 is 1. The van der Waals surface area contributed by atoms with Crippen molar-refractivity contribution in [2.45, 2.75) is 19.8 Å². The summed E-state index contributed by atoms with van der Waals surface area (Å²) in [6.07, 6.45) is 1.75. The van der Waals surface area contributed by atoms with Gasteiger partial charge in [-0.05, 0) is 19.8 Å². The zero-order valence-corrected chi connectivity index (χ0v) is 12.2. The van der Waals surface area contributed by atoms with Gasteiger partial charge in [-0.2, -0.15) is 5.10 Å². The highest BCUT2D eigenvalue weighted by Crippen LogP contribution is 2.28. The van der Waals surface area contributed by atoms with Crippen LogP contribution in [0.15, 0.2) is 0 Å². The third-order valence-corrected chi connectivity index (χ3v) is 3.35. The normalized spacial score (nSPS) is 13.7. The zero-order chi connectivity index (χ0) is 15.6. The predicted octanol–water partition coefficient (Wildman–Crippen LogP) is -0.0202. The number of carbonyl (C=O) groups excluding carboxylic acids is 3. The summed E-state index contributed by atoms with van der Waals surface area (Å²) in [6.45, 7) is 1.59. The Hall–Kier alpha value is -2.38. The zero-order valence-electron chi connectivity index (χ0n) is 12.2. The van der Waals surface area contributed by atoms with E-state index in [1.54, 1.807) is 14.0 Å². The van der Waals surface area contributed by atoms with Crippen LogP contribution in [-0.2, 0) is 21.4 Å². The van der Waals surface area contributed by atoms with Gasteiger partial charge in [0.25, 0.3) is 0 Å². The molecule has 0 aliphatic heterocycles. The van der Waals surface area contributed by atoms with Crippen LogP contribution in [0.25, 0.3) is 0 Å². The predicted molar refractivity (Wildman–Crippen MR) is 73.6 cm³/mol. The molecule has 2 rings (SSSR count). The van der Waals surface area contributed by atoms with Crippen molar-refractivity contribution in [3.8, 4) is 0 Å². The second kappa shape index (κ2) is 5.94. The van der Waals surface area contributed by atoms with Crippen LogP contribution in [0, 0.1) is 12.8 Å². The smallest absolute Gasteiger partial charge is 0.360 e. The molecule has 0 atom stereocenters. The molecule has 0 unspecified atom stereocenters. The number of nitrogens with zero attached hydrogens (tertiary/aromatic N) is 2. The van der Waals surface area contributed by atoms with E-state index in [1.807, 2.05) is 0 Å². The van der Waals surface area contributed by atoms with Crippen LogP contribution in [0.5, 0.6) is 0 Å². The summed E-state index contributed by atoms with van der Waals surface area (Å²) in [5, 5.41) is 9.16. The Morgan fingerprint density at radius 3 is 2.62 bits per heavy atom. The Balaban J connectivity index is 2.02. The average molecular weight is 294 g/mol. The van der Waals surface area contributed by atoms with Crippen molar-refractivity contribution in [2.75, 3.05) is 19.0 Å². The number of aromatic nitrogens is 2. The third-order valence-electron chi connectivity index (χ3n) is 3.35. The van der Waals surface area contributed by atoms with E-state index in [4.69, 9.17) is 0 Å². The minimum Gasteiger partial charge on any atom is -0.464 e. The van der Waals surface area contributed by atoms with E-state index in [-0.39, 0.29) is 24.1 Å². The first-order chi connectivity index (χ1) is 9.93. The molecule has 2 N–H and O–H groups in total. The molecular formula is C13H18N4O4. The Bertz CT molecular complexity index is 589. The summed E-state index contributed by atoms with van der Waals surface area (Å²) >= 11 is 0. The lowest BCUT2D eigenvalue weighted by Crippen LogP contribution is -2.34. The van der Waals surface area contributed by atoms with Crippen LogP contribution in [-0.4, -0.2) is 41.2 Å². The van der Waals surface area contributed by atoms with E-state index in [1.165, 1.54) is 11.8 Å². The topological polar surface area (TPSA) is 102 Å². The Labute approximate surface area is 121 Å². The number of anilines is 1. The van der Waals surface area contributed by atoms with Crippen LogP contribution in [0.3, 0.4) is 0 Å². The third kappa shape index (κ3) is 3.39. The van der Waals surface area contributed by atoms with Gasteiger partial charge in [0.2, 0.25) is 11.8 Å². The second-order valence-corrected chi connectivity index (χ2v) is 4.96. The quantitative estimate of drug-likeness (QED) is 0.743. The molecular weight excluding hydrogens is 276 g/mol. The molecule has 1 saturated carbocycles. The maximum atomic E-state index is 11.9. The maximum absolute atomic E-state index is 11.9. The van der Waals surface area contributed by atoms with Gasteiger partial charge in [-0.1, -0.05) is 0 Å². The van der Waals surface area contributed by atoms with Gasteiger partial charge in [-0.25, -0.2) is 4.79 Å². The Morgan fingerprint density at radius 2 is 2.05 bits per heavy atom. The molecule has 0 spiro atoms. The summed E-state index contributed by atoms with van der Waals surface area (Å²) in [6, 6.07) is 0. The molecule has 2 amide bonds. The molecule has 1 aromatic heterocycles. The lowest BCUT2D eigenvalue weighted by molar-refractivity contribution is -0.125. The summed E-state index contributed by atoms with van der Waals surface area (Å²) in [4.78, 5) is 35.0. The molecule has 1 aromatic rings. The van der Waals surface area contributed by atoms with Gasteiger partial charge in [0.1, 0.15) is 0 Å². The first kappa shape index (κ1) is 15.0. The van der Waals surface area contributed by atoms with E-state index >= 15 is 0 Å². The fourth-order valence-electron chi connectivity index (χ4n) is 1.84. The number of ether oxygens (including phenoxy) is 1. The molecule has 8 nitrogen and oxygen atoms in total. The number of esters is 1. The van der Waals surface area contributed by atoms with Crippen molar-refractivity contribution in [2.24, 2.45) is 13.0 Å². The van der Waals surface area contributed by atoms with E-state index < -0.39 is 11.9 Å². The summed E-state index contributed by atoms with van der Waals surface area (Å²) in [5.74, 6) is -1.11. The highest BCUT2D eigenvalue weighted by Gasteiger charge is 2.29. The first-order valence-corrected chi connectivity index (χ1v) is 6.63. The second-order valence-electron chi connectivity index (χ2n) is 4.96. The number of hydrogen-bond donors (Lipinski definition) is 2. The molecule has 0 saturated heterocycles. The van der Waals surface area contributed by atoms with Crippen LogP contribution in [0.2, 0.25) is 0 Å². The van der Waals surface area contributed by atoms with E-state index in [2.05, 4.69) is 20.5 Å². The standard InChI is InChI=1S/C13H18N4O4/c1-7-10(11(13(20)21-3)16-17(7)2)15-9(18)6-14-12(19)8-4-5-8/h8H,4-6H2,1-3H3,(H,14,19)(H,15,18). The van der Waals surface area contributed by atoms with Crippen LogP contribution in [0.4, 0.5) is 5.69 Å². The SMILES string of the molecule is COC(=O)c1nn(C)c(C)c1NC(=O)CNC(=O)C1CC1. The average Bonchev–Trinajstić information content (AvgIpc) is 3.27. The Kier molecular flexibility index (Phi) is 4.25. The minimum absolute atomic E-state index is 0.0411. The molecule has 0 aromatic carbocycles. The van der Waals surface area contributed by atoms with Crippen LogP contribution < -0.4 is 10.6 Å². The van der Waals surface area contributed by atoms with Crippen molar-refractivity contribution in [1.82, 2.24) is 15.1 Å². The van der Waals surface area contributed by atoms with Crippen molar-refractivity contribution >= 4 is 23.5 Å². The summed E-state index contributed by atoms with van der Waals surface area (Å²) in [7, 11) is 2.90. The van der Waals surface area contributed by atoms with Gasteiger partial charge in [0, 0.05) is 13.0 Å². The largest absolute Gasteiger partial charge is 0.464 e. The maximum Gasteiger partial charge on any atom is 0.360 e. The number of hydrogen-bond acceptors (Lipinski definition) is 5. The van der Waals surface area contributed by atoms with E-state index in [0.717, 1.165) is 12.8 Å². The molecule has 1 aliphatic carbocycles. The molecule has 0 bridgehead atoms. The number of amides is 2. The number of aryl methyl sites for hydroxylation is 1. The molecule has 0 radical (unpaired) electrons. The Morgan fingerprint density at radius 1 is 1.38 bits per heavy atom. The van der Waals surface area contributed by atoms with Gasteiger partial charge >= 0.3 is 5.97 Å². The fourth-order valence-corrected chi connectivity index (χ4v) is 1.84. The minimum atomic E-state index is -0.629. The lowest BCUT2D eigenvalue weighted by Gasteiger charge is -2.07. The van der Waals surface area contributed by atoms with Crippen molar-refractivity contribution < 1.29 is 19.1 Å². The van der Waals surface area contributed by atoms with Gasteiger partial charge in [0.15, 0.2) is 5.69 Å². The van der Waals surface area contributed by atoms with Crippen molar-refractivity contribution in [1.29, 1.82) is 0 Å². The number of carbonyl (C=O) groups is 3.